The number of likely N-dealkylation sites (tertiary alicyclic amines) is 1. The van der Waals surface area contributed by atoms with Gasteiger partial charge in [-0.2, -0.15) is 4.91 Å². The molecule has 0 saturated carbocycles. The van der Waals surface area contributed by atoms with Gasteiger partial charge in [-0.1, -0.05) is 50.6 Å². The standard InChI is InChI=1S/C19H33N3O4/c1-2-3-4-5-6-7-8-11-18(24)22-14-9-10-17(22)19(25)21-16(15-23)12-13-20-26/h15-17H,2-14H2,1H3,(H,21,25). The Morgan fingerprint density at radius 3 is 2.54 bits per heavy atom. The monoisotopic (exact) mass is 367 g/mol. The molecule has 1 saturated heterocycles. The van der Waals surface area contributed by atoms with Crippen molar-refractivity contribution in [3.05, 3.63) is 4.91 Å². The summed E-state index contributed by atoms with van der Waals surface area (Å²) in [7, 11) is 0. The minimum Gasteiger partial charge on any atom is -0.345 e. The third-order valence-electron chi connectivity index (χ3n) is 4.89. The normalized spacial score (nSPS) is 17.7. The zero-order valence-corrected chi connectivity index (χ0v) is 16.0. The van der Waals surface area contributed by atoms with Gasteiger partial charge in [0.25, 0.3) is 0 Å². The number of hydrogen-bond acceptors (Lipinski definition) is 5. The molecule has 148 valence electrons. The van der Waals surface area contributed by atoms with E-state index in [0.29, 0.717) is 25.7 Å². The van der Waals surface area contributed by atoms with Crippen molar-refractivity contribution in [2.45, 2.75) is 89.6 Å². The minimum absolute atomic E-state index is 0.0186. The van der Waals surface area contributed by atoms with Gasteiger partial charge < -0.3 is 15.0 Å². The lowest BCUT2D eigenvalue weighted by Crippen LogP contribution is -2.49. The second-order valence-electron chi connectivity index (χ2n) is 7.01. The Morgan fingerprint density at radius 2 is 1.88 bits per heavy atom. The first kappa shape index (κ1) is 22.3. The van der Waals surface area contributed by atoms with Gasteiger partial charge in [-0.15, -0.1) is 0 Å². The fraction of sp³-hybridized carbons (Fsp3) is 0.842. The maximum absolute atomic E-state index is 12.4. The number of nitrogens with zero attached hydrogens (tertiary/aromatic N) is 2. The van der Waals surface area contributed by atoms with E-state index in [1.165, 1.54) is 25.7 Å². The molecule has 1 N–H and O–H groups in total. The van der Waals surface area contributed by atoms with Crippen molar-refractivity contribution in [2.24, 2.45) is 5.18 Å². The molecule has 2 atom stereocenters. The van der Waals surface area contributed by atoms with E-state index in [2.05, 4.69) is 17.4 Å². The summed E-state index contributed by atoms with van der Waals surface area (Å²) in [4.78, 5) is 47.7. The molecule has 0 aromatic rings. The Morgan fingerprint density at radius 1 is 1.19 bits per heavy atom. The van der Waals surface area contributed by atoms with Gasteiger partial charge in [0.1, 0.15) is 12.3 Å². The molecule has 1 aliphatic rings. The maximum atomic E-state index is 12.4. The lowest BCUT2D eigenvalue weighted by molar-refractivity contribution is -0.139. The van der Waals surface area contributed by atoms with Crippen LogP contribution in [0.25, 0.3) is 0 Å². The van der Waals surface area contributed by atoms with Gasteiger partial charge in [0, 0.05) is 13.0 Å². The molecule has 0 radical (unpaired) electrons. The van der Waals surface area contributed by atoms with Crippen LogP contribution >= 0.6 is 0 Å². The molecule has 7 nitrogen and oxygen atoms in total. The zero-order valence-electron chi connectivity index (χ0n) is 16.0. The second kappa shape index (κ2) is 13.4. The third-order valence-corrected chi connectivity index (χ3v) is 4.89. The molecule has 1 aliphatic heterocycles. The summed E-state index contributed by atoms with van der Waals surface area (Å²) < 4.78 is 0. The van der Waals surface area contributed by atoms with Crippen LogP contribution in [-0.2, 0) is 14.4 Å². The Hall–Kier alpha value is -1.79. The predicted molar refractivity (Wildman–Crippen MR) is 101 cm³/mol. The summed E-state index contributed by atoms with van der Waals surface area (Å²) in [5.41, 5.74) is 0. The smallest absolute Gasteiger partial charge is 0.243 e. The number of rotatable bonds is 14. The number of carbonyl (C=O) groups excluding carboxylic acids is 3. The SMILES string of the molecule is CCCCCCCCCC(=O)N1CCCC1C(=O)NC(C=O)CCN=O. The summed E-state index contributed by atoms with van der Waals surface area (Å²) in [5, 5.41) is 5.34. The van der Waals surface area contributed by atoms with Gasteiger partial charge in [0.15, 0.2) is 0 Å². The molecule has 2 amide bonds. The second-order valence-corrected chi connectivity index (χ2v) is 7.01. The first-order valence-electron chi connectivity index (χ1n) is 9.98. The molecular formula is C19H33N3O4. The highest BCUT2D eigenvalue weighted by molar-refractivity contribution is 5.89. The van der Waals surface area contributed by atoms with Crippen LogP contribution in [0.3, 0.4) is 0 Å². The summed E-state index contributed by atoms with van der Waals surface area (Å²) in [5.74, 6) is -0.285. The Kier molecular flexibility index (Phi) is 11.5. The van der Waals surface area contributed by atoms with Crippen molar-refractivity contribution in [1.82, 2.24) is 10.2 Å². The maximum Gasteiger partial charge on any atom is 0.243 e. The van der Waals surface area contributed by atoms with Gasteiger partial charge in [-0.05, 0) is 25.7 Å². The highest BCUT2D eigenvalue weighted by atomic mass is 16.3. The van der Waals surface area contributed by atoms with Crippen LogP contribution in [0.2, 0.25) is 0 Å². The first-order valence-corrected chi connectivity index (χ1v) is 9.98. The zero-order chi connectivity index (χ0) is 19.2. The van der Waals surface area contributed by atoms with Gasteiger partial charge in [0.05, 0.1) is 12.6 Å². The van der Waals surface area contributed by atoms with Crippen LogP contribution in [0.4, 0.5) is 0 Å². The average molecular weight is 367 g/mol. The Labute approximate surface area is 156 Å². The lowest BCUT2D eigenvalue weighted by atomic mass is 10.1. The molecule has 1 heterocycles. The van der Waals surface area contributed by atoms with E-state index in [4.69, 9.17) is 0 Å². The van der Waals surface area contributed by atoms with Gasteiger partial charge in [0.2, 0.25) is 11.8 Å². The Balaban J connectivity index is 2.35. The summed E-state index contributed by atoms with van der Waals surface area (Å²) in [6.07, 6.45) is 10.7. The van der Waals surface area contributed by atoms with Crippen LogP contribution in [-0.4, -0.2) is 48.2 Å². The lowest BCUT2D eigenvalue weighted by Gasteiger charge is -2.25. The van der Waals surface area contributed by atoms with Crippen molar-refractivity contribution in [1.29, 1.82) is 0 Å². The van der Waals surface area contributed by atoms with E-state index in [1.807, 2.05) is 0 Å². The van der Waals surface area contributed by atoms with Gasteiger partial charge >= 0.3 is 0 Å². The topological polar surface area (TPSA) is 95.9 Å². The minimum atomic E-state index is -0.721. The molecule has 0 aromatic heterocycles. The molecule has 2 unspecified atom stereocenters. The predicted octanol–water partition coefficient (Wildman–Crippen LogP) is 2.96. The molecule has 0 aromatic carbocycles. The van der Waals surface area contributed by atoms with Crippen molar-refractivity contribution in [2.75, 3.05) is 13.1 Å². The van der Waals surface area contributed by atoms with Gasteiger partial charge in [-0.25, -0.2) is 0 Å². The number of nitroso groups, excluding NO2 is 1. The summed E-state index contributed by atoms with van der Waals surface area (Å²) >= 11 is 0. The van der Waals surface area contributed by atoms with Crippen LogP contribution < -0.4 is 5.32 Å². The van der Waals surface area contributed by atoms with E-state index in [0.717, 1.165) is 25.7 Å². The number of unbranched alkanes of at least 4 members (excludes halogenated alkanes) is 6. The number of aldehydes is 1. The molecule has 0 bridgehead atoms. The fourth-order valence-electron chi connectivity index (χ4n) is 3.36. The molecule has 1 fully saturated rings. The molecule has 0 spiro atoms. The molecule has 1 rings (SSSR count). The number of nitrogens with one attached hydrogen (secondary N) is 1. The fourth-order valence-corrected chi connectivity index (χ4v) is 3.36. The van der Waals surface area contributed by atoms with E-state index in [9.17, 15) is 19.3 Å². The van der Waals surface area contributed by atoms with Crippen molar-refractivity contribution >= 4 is 18.1 Å². The average Bonchev–Trinajstić information content (AvgIpc) is 3.14. The van der Waals surface area contributed by atoms with E-state index in [1.54, 1.807) is 4.90 Å². The molecule has 7 heteroatoms. The summed E-state index contributed by atoms with van der Waals surface area (Å²) in [6, 6.07) is -1.22. The molecule has 26 heavy (non-hydrogen) atoms. The first-order chi connectivity index (χ1) is 12.6. The third kappa shape index (κ3) is 8.06. The number of amides is 2. The molecular weight excluding hydrogens is 334 g/mol. The van der Waals surface area contributed by atoms with E-state index < -0.39 is 12.1 Å². The number of hydrogen-bond donors (Lipinski definition) is 1. The van der Waals surface area contributed by atoms with E-state index in [-0.39, 0.29) is 24.8 Å². The Bertz CT molecular complexity index is 456. The van der Waals surface area contributed by atoms with Crippen molar-refractivity contribution in [3.8, 4) is 0 Å². The van der Waals surface area contributed by atoms with Gasteiger partial charge in [-0.3, -0.25) is 9.59 Å². The number of carbonyl (C=O) groups is 3. The van der Waals surface area contributed by atoms with Crippen molar-refractivity contribution in [3.63, 3.8) is 0 Å². The largest absolute Gasteiger partial charge is 0.345 e. The van der Waals surface area contributed by atoms with E-state index >= 15 is 0 Å². The van der Waals surface area contributed by atoms with Crippen LogP contribution in [0.1, 0.15) is 77.6 Å². The highest BCUT2D eigenvalue weighted by Crippen LogP contribution is 2.20. The van der Waals surface area contributed by atoms with Crippen LogP contribution in [0.15, 0.2) is 5.18 Å². The highest BCUT2D eigenvalue weighted by Gasteiger charge is 2.34. The van der Waals surface area contributed by atoms with Crippen molar-refractivity contribution < 1.29 is 14.4 Å². The van der Waals surface area contributed by atoms with Crippen LogP contribution in [0, 0.1) is 4.91 Å². The van der Waals surface area contributed by atoms with Crippen LogP contribution in [0.5, 0.6) is 0 Å². The quantitative estimate of drug-likeness (QED) is 0.290. The molecule has 0 aliphatic carbocycles. The summed E-state index contributed by atoms with van der Waals surface area (Å²) in [6.45, 7) is 2.77.